The van der Waals surface area contributed by atoms with E-state index in [2.05, 4.69) is 0 Å². The van der Waals surface area contributed by atoms with Gasteiger partial charge in [0, 0.05) is 18.8 Å². The third-order valence-corrected chi connectivity index (χ3v) is 7.44. The largest absolute Gasteiger partial charge is 0.504 e. The number of hydrogen-bond acceptors (Lipinski definition) is 13. The van der Waals surface area contributed by atoms with E-state index >= 15 is 0 Å². The molecule has 2 fully saturated rings. The molecule has 2 aromatic rings. The van der Waals surface area contributed by atoms with Crippen molar-refractivity contribution < 1.29 is 63.9 Å². The first-order valence-corrected chi connectivity index (χ1v) is 13.0. The van der Waals surface area contributed by atoms with Gasteiger partial charge in [-0.05, 0) is 35.4 Å². The number of phenolic OH excluding ortho intramolecular Hbond substituents is 1. The minimum Gasteiger partial charge on any atom is -0.504 e. The van der Waals surface area contributed by atoms with Crippen molar-refractivity contribution in [3.8, 4) is 23.0 Å². The summed E-state index contributed by atoms with van der Waals surface area (Å²) in [5.41, 5.74) is 1.11. The molecule has 13 nitrogen and oxygen atoms in total. The van der Waals surface area contributed by atoms with Crippen LogP contribution in [0.5, 0.6) is 23.0 Å². The number of hydrogen-bond donors (Lipinski definition) is 6. The van der Waals surface area contributed by atoms with Gasteiger partial charge in [-0.3, -0.25) is 4.79 Å². The third kappa shape index (κ3) is 6.51. The zero-order valence-electron chi connectivity index (χ0n) is 22.8. The van der Waals surface area contributed by atoms with Crippen molar-refractivity contribution in [1.82, 2.24) is 0 Å². The molecule has 0 aromatic heterocycles. The van der Waals surface area contributed by atoms with Crippen LogP contribution in [0.25, 0.3) is 0 Å². The molecule has 2 aliphatic heterocycles. The molecule has 0 bridgehead atoms. The molecule has 0 radical (unpaired) electrons. The Kier molecular flexibility index (Phi) is 9.92. The molecule has 226 valence electrons. The van der Waals surface area contributed by atoms with Crippen LogP contribution in [0.4, 0.5) is 0 Å². The molecule has 0 saturated carbocycles. The van der Waals surface area contributed by atoms with Gasteiger partial charge in [0.15, 0.2) is 23.0 Å². The quantitative estimate of drug-likeness (QED) is 0.209. The first kappa shape index (κ1) is 30.8. The highest BCUT2D eigenvalue weighted by Crippen LogP contribution is 2.46. The van der Waals surface area contributed by atoms with Crippen molar-refractivity contribution in [3.63, 3.8) is 0 Å². The second-order valence-electron chi connectivity index (χ2n) is 9.99. The van der Waals surface area contributed by atoms with E-state index in [0.717, 1.165) is 0 Å². The summed E-state index contributed by atoms with van der Waals surface area (Å²) in [4.78, 5) is 11.7. The lowest BCUT2D eigenvalue weighted by molar-refractivity contribution is -0.277. The van der Waals surface area contributed by atoms with Gasteiger partial charge < -0.3 is 59.1 Å². The molecular weight excluding hydrogens is 544 g/mol. The van der Waals surface area contributed by atoms with E-state index in [1.54, 1.807) is 18.2 Å². The molecule has 2 aliphatic rings. The Morgan fingerprint density at radius 2 is 1.73 bits per heavy atom. The maximum absolute atomic E-state index is 11.7. The van der Waals surface area contributed by atoms with E-state index < -0.39 is 67.3 Å². The van der Waals surface area contributed by atoms with Crippen molar-refractivity contribution in [2.45, 2.75) is 49.8 Å². The number of benzene rings is 2. The summed E-state index contributed by atoms with van der Waals surface area (Å²) in [5, 5.41) is 61.1. The average Bonchev–Trinajstić information content (AvgIpc) is 3.40. The van der Waals surface area contributed by atoms with Crippen LogP contribution in [-0.4, -0.2) is 101 Å². The molecule has 41 heavy (non-hydrogen) atoms. The molecule has 2 saturated heterocycles. The Morgan fingerprint density at radius 1 is 1.00 bits per heavy atom. The Labute approximate surface area is 236 Å². The summed E-state index contributed by atoms with van der Waals surface area (Å²) in [6, 6.07) is 9.37. The predicted molar refractivity (Wildman–Crippen MR) is 139 cm³/mol. The van der Waals surface area contributed by atoms with Gasteiger partial charge in [-0.1, -0.05) is 12.1 Å². The summed E-state index contributed by atoms with van der Waals surface area (Å²) in [7, 11) is 2.80. The zero-order valence-corrected chi connectivity index (χ0v) is 22.8. The highest BCUT2D eigenvalue weighted by molar-refractivity contribution is 5.65. The fourth-order valence-corrected chi connectivity index (χ4v) is 5.15. The first-order valence-electron chi connectivity index (χ1n) is 13.0. The number of aliphatic hydroxyl groups excluding tert-OH is 5. The Bertz CT molecular complexity index is 1190. The SMILES string of the molecule is COc1cc([C@@H](O)[C@H]2CO[C@@H](c3ccc(O[C@@H]4O[C@H](CO)[C@@H](O)[C@H](O)[C@H]4O)c(OC)c3)[C@@H]2COC(C)=O)ccc1O. The van der Waals surface area contributed by atoms with Crippen LogP contribution in [0.2, 0.25) is 0 Å². The third-order valence-electron chi connectivity index (χ3n) is 7.44. The van der Waals surface area contributed by atoms with E-state index in [1.807, 2.05) is 0 Å². The molecule has 2 heterocycles. The molecule has 0 amide bonds. The molecule has 13 heteroatoms. The highest BCUT2D eigenvalue weighted by Gasteiger charge is 2.46. The Morgan fingerprint density at radius 3 is 2.39 bits per heavy atom. The number of esters is 1. The van der Waals surface area contributed by atoms with E-state index in [-0.39, 0.29) is 36.2 Å². The van der Waals surface area contributed by atoms with Crippen LogP contribution in [-0.2, 0) is 19.0 Å². The summed E-state index contributed by atoms with van der Waals surface area (Å²) in [6.07, 6.45) is -8.96. The normalized spacial score (nSPS) is 30.4. The van der Waals surface area contributed by atoms with E-state index in [4.69, 9.17) is 28.4 Å². The molecule has 2 aromatic carbocycles. The van der Waals surface area contributed by atoms with Crippen molar-refractivity contribution >= 4 is 5.97 Å². The number of aromatic hydroxyl groups is 1. The molecule has 0 unspecified atom stereocenters. The lowest BCUT2D eigenvalue weighted by Crippen LogP contribution is -2.60. The number of phenols is 1. The average molecular weight is 581 g/mol. The van der Waals surface area contributed by atoms with Crippen molar-refractivity contribution in [2.24, 2.45) is 11.8 Å². The minimum absolute atomic E-state index is 0.0393. The standard InChI is InChI=1S/C28H36O13/c1-13(30)38-12-17-16(23(32)14-4-6-18(31)20(8-14)36-2)11-39-27(17)15-5-7-19(21(9-15)37-3)40-28-26(35)25(34)24(33)22(10-29)41-28/h4-9,16-17,22-29,31-35H,10-12H2,1-3H3/t16-,17+,22+,23+,24+,25-,26+,27-,28+/m0/s1. The second-order valence-corrected chi connectivity index (χ2v) is 9.99. The zero-order chi connectivity index (χ0) is 29.8. The predicted octanol–water partition coefficient (Wildman–Crippen LogP) is 0.188. The van der Waals surface area contributed by atoms with E-state index in [1.165, 1.54) is 39.3 Å². The molecule has 4 rings (SSSR count). The molecule has 9 atom stereocenters. The molecule has 0 aliphatic carbocycles. The number of aliphatic hydroxyl groups is 5. The van der Waals surface area contributed by atoms with Crippen molar-refractivity contribution in [1.29, 1.82) is 0 Å². The van der Waals surface area contributed by atoms with Gasteiger partial charge in [-0.2, -0.15) is 0 Å². The fraction of sp³-hybridized carbons (Fsp3) is 0.536. The highest BCUT2D eigenvalue weighted by atomic mass is 16.7. The number of ether oxygens (including phenoxy) is 6. The monoisotopic (exact) mass is 580 g/mol. The van der Waals surface area contributed by atoms with Crippen molar-refractivity contribution in [3.05, 3.63) is 47.5 Å². The van der Waals surface area contributed by atoms with Gasteiger partial charge in [0.2, 0.25) is 6.29 Å². The summed E-state index contributed by atoms with van der Waals surface area (Å²) in [6.45, 7) is 0.775. The van der Waals surface area contributed by atoms with Gasteiger partial charge in [0.05, 0.1) is 46.2 Å². The topological polar surface area (TPSA) is 194 Å². The van der Waals surface area contributed by atoms with Crippen LogP contribution >= 0.6 is 0 Å². The lowest BCUT2D eigenvalue weighted by atomic mass is 9.82. The Balaban J connectivity index is 1.58. The number of carbonyl (C=O) groups is 1. The summed E-state index contributed by atoms with van der Waals surface area (Å²) in [5.74, 6) is -0.965. The second kappa shape index (κ2) is 13.2. The van der Waals surface area contributed by atoms with Gasteiger partial charge in [-0.25, -0.2) is 0 Å². The van der Waals surface area contributed by atoms with Gasteiger partial charge in [0.25, 0.3) is 0 Å². The number of carbonyl (C=O) groups excluding carboxylic acids is 1. The van der Waals surface area contributed by atoms with Crippen LogP contribution in [0.1, 0.15) is 30.3 Å². The maximum Gasteiger partial charge on any atom is 0.302 e. The molecule has 6 N–H and O–H groups in total. The summed E-state index contributed by atoms with van der Waals surface area (Å²) < 4.78 is 33.3. The maximum atomic E-state index is 11.7. The van der Waals surface area contributed by atoms with Crippen LogP contribution in [0.15, 0.2) is 36.4 Å². The van der Waals surface area contributed by atoms with Gasteiger partial charge in [0.1, 0.15) is 24.4 Å². The van der Waals surface area contributed by atoms with Crippen molar-refractivity contribution in [2.75, 3.05) is 34.0 Å². The van der Waals surface area contributed by atoms with E-state index in [9.17, 15) is 35.4 Å². The van der Waals surface area contributed by atoms with Gasteiger partial charge >= 0.3 is 5.97 Å². The minimum atomic E-state index is -1.61. The molecule has 0 spiro atoms. The van der Waals surface area contributed by atoms with E-state index in [0.29, 0.717) is 11.1 Å². The molecular formula is C28H36O13. The first-order chi connectivity index (χ1) is 19.6. The van der Waals surface area contributed by atoms with Gasteiger partial charge in [-0.15, -0.1) is 0 Å². The fourth-order valence-electron chi connectivity index (χ4n) is 5.15. The summed E-state index contributed by atoms with van der Waals surface area (Å²) >= 11 is 0. The van der Waals surface area contributed by atoms with Crippen LogP contribution < -0.4 is 14.2 Å². The van der Waals surface area contributed by atoms with Crippen LogP contribution in [0.3, 0.4) is 0 Å². The Hall–Kier alpha value is -3.17. The lowest BCUT2D eigenvalue weighted by Gasteiger charge is -2.39. The number of methoxy groups -OCH3 is 2. The number of rotatable bonds is 10. The smallest absolute Gasteiger partial charge is 0.302 e. The van der Waals surface area contributed by atoms with Crippen LogP contribution in [0, 0.1) is 11.8 Å².